The van der Waals surface area contributed by atoms with Gasteiger partial charge in [0.15, 0.2) is 0 Å². The molecule has 2 aliphatic heterocycles. The van der Waals surface area contributed by atoms with E-state index in [0.29, 0.717) is 12.1 Å². The van der Waals surface area contributed by atoms with E-state index in [-0.39, 0.29) is 23.5 Å². The van der Waals surface area contributed by atoms with E-state index in [0.717, 1.165) is 0 Å². The third-order valence-corrected chi connectivity index (χ3v) is 4.54. The van der Waals surface area contributed by atoms with Crippen molar-refractivity contribution in [2.24, 2.45) is 5.41 Å². The fourth-order valence-electron chi connectivity index (χ4n) is 3.40. The number of piperazine rings is 1. The van der Waals surface area contributed by atoms with Crippen molar-refractivity contribution in [3.8, 4) is 0 Å². The number of hydrogen-bond acceptors (Lipinski definition) is 3. The molecule has 4 unspecified atom stereocenters. The highest BCUT2D eigenvalue weighted by Gasteiger charge is 2.52. The Kier molecular flexibility index (Phi) is 2.27. The summed E-state index contributed by atoms with van der Waals surface area (Å²) in [6.45, 7) is 4.07. The second-order valence-electron chi connectivity index (χ2n) is 5.98. The Balaban J connectivity index is 1.81. The summed E-state index contributed by atoms with van der Waals surface area (Å²) in [5.41, 5.74) is -0.292. The predicted octanol–water partition coefficient (Wildman–Crippen LogP) is 0.341. The van der Waals surface area contributed by atoms with E-state index in [1.807, 2.05) is 13.8 Å². The standard InChI is InChI=1S/C12H21N3O/c1-12(2)9-10(15-11(12)16)14-8-6-4-3-5-7(8)13-9/h7-10,13-14H,3-6H2,1-2H3,(H,15,16). The van der Waals surface area contributed by atoms with Crippen LogP contribution in [0.5, 0.6) is 0 Å². The van der Waals surface area contributed by atoms with Crippen LogP contribution in [0.25, 0.3) is 0 Å². The van der Waals surface area contributed by atoms with Gasteiger partial charge in [-0.05, 0) is 26.7 Å². The molecule has 16 heavy (non-hydrogen) atoms. The molecule has 1 aliphatic carbocycles. The van der Waals surface area contributed by atoms with Crippen molar-refractivity contribution in [1.29, 1.82) is 0 Å². The van der Waals surface area contributed by atoms with Gasteiger partial charge in [0.2, 0.25) is 5.91 Å². The molecular formula is C12H21N3O. The Morgan fingerprint density at radius 3 is 2.44 bits per heavy atom. The van der Waals surface area contributed by atoms with Gasteiger partial charge in [-0.25, -0.2) is 0 Å². The third kappa shape index (κ3) is 1.39. The number of carbonyl (C=O) groups is 1. The zero-order valence-corrected chi connectivity index (χ0v) is 10.0. The maximum Gasteiger partial charge on any atom is 0.228 e. The summed E-state index contributed by atoms with van der Waals surface area (Å²) in [5, 5.41) is 10.4. The number of rotatable bonds is 0. The van der Waals surface area contributed by atoms with E-state index in [2.05, 4.69) is 16.0 Å². The lowest BCUT2D eigenvalue weighted by atomic mass is 9.80. The molecular weight excluding hydrogens is 202 g/mol. The molecule has 3 fully saturated rings. The molecule has 0 aromatic carbocycles. The SMILES string of the molecule is CC1(C)C(=O)NC2NC3CCCCC3NC21. The highest BCUT2D eigenvalue weighted by atomic mass is 16.2. The maximum atomic E-state index is 11.9. The molecule has 0 aromatic heterocycles. The first kappa shape index (κ1) is 10.5. The lowest BCUT2D eigenvalue weighted by molar-refractivity contribution is -0.126. The molecule has 0 radical (unpaired) electrons. The summed E-state index contributed by atoms with van der Waals surface area (Å²) in [6, 6.07) is 1.34. The van der Waals surface area contributed by atoms with Crippen molar-refractivity contribution in [2.45, 2.75) is 63.8 Å². The van der Waals surface area contributed by atoms with Crippen LogP contribution in [0.4, 0.5) is 0 Å². The Morgan fingerprint density at radius 1 is 1.12 bits per heavy atom. The monoisotopic (exact) mass is 223 g/mol. The molecule has 4 heteroatoms. The van der Waals surface area contributed by atoms with Gasteiger partial charge in [-0.1, -0.05) is 12.8 Å². The first-order valence-corrected chi connectivity index (χ1v) is 6.42. The van der Waals surface area contributed by atoms with Gasteiger partial charge in [0.25, 0.3) is 0 Å². The molecule has 4 nitrogen and oxygen atoms in total. The topological polar surface area (TPSA) is 53.2 Å². The second kappa shape index (κ2) is 3.44. The van der Waals surface area contributed by atoms with Gasteiger partial charge < -0.3 is 10.6 Å². The van der Waals surface area contributed by atoms with Crippen LogP contribution in [0.15, 0.2) is 0 Å². The lowest BCUT2D eigenvalue weighted by Crippen LogP contribution is -2.69. The number of nitrogens with one attached hydrogen (secondary N) is 3. The van der Waals surface area contributed by atoms with E-state index in [4.69, 9.17) is 0 Å². The predicted molar refractivity (Wildman–Crippen MR) is 61.8 cm³/mol. The first-order valence-electron chi connectivity index (χ1n) is 6.42. The van der Waals surface area contributed by atoms with Gasteiger partial charge in [-0.2, -0.15) is 0 Å². The van der Waals surface area contributed by atoms with Crippen LogP contribution >= 0.6 is 0 Å². The summed E-state index contributed by atoms with van der Waals surface area (Å²) >= 11 is 0. The van der Waals surface area contributed by atoms with E-state index in [1.165, 1.54) is 25.7 Å². The summed E-state index contributed by atoms with van der Waals surface area (Å²) in [7, 11) is 0. The van der Waals surface area contributed by atoms with Gasteiger partial charge in [0, 0.05) is 12.1 Å². The Morgan fingerprint density at radius 2 is 1.75 bits per heavy atom. The van der Waals surface area contributed by atoms with E-state index < -0.39 is 0 Å². The molecule has 2 saturated heterocycles. The summed E-state index contributed by atoms with van der Waals surface area (Å²) in [5.74, 6) is 0.168. The molecule has 0 spiro atoms. The van der Waals surface area contributed by atoms with Crippen LogP contribution in [0.3, 0.4) is 0 Å². The van der Waals surface area contributed by atoms with Crippen LogP contribution in [-0.4, -0.2) is 30.2 Å². The smallest absolute Gasteiger partial charge is 0.228 e. The van der Waals surface area contributed by atoms with Crippen LogP contribution in [0, 0.1) is 5.41 Å². The minimum Gasteiger partial charge on any atom is -0.339 e. The third-order valence-electron chi connectivity index (χ3n) is 4.54. The van der Waals surface area contributed by atoms with Gasteiger partial charge in [-0.15, -0.1) is 0 Å². The van der Waals surface area contributed by atoms with Crippen LogP contribution in [-0.2, 0) is 4.79 Å². The molecule has 1 amide bonds. The van der Waals surface area contributed by atoms with Crippen LogP contribution in [0.1, 0.15) is 39.5 Å². The largest absolute Gasteiger partial charge is 0.339 e. The Labute approximate surface area is 96.5 Å². The molecule has 0 bridgehead atoms. The van der Waals surface area contributed by atoms with Crippen molar-refractivity contribution in [1.82, 2.24) is 16.0 Å². The molecule has 1 saturated carbocycles. The zero-order valence-electron chi connectivity index (χ0n) is 10.0. The Bertz CT molecular complexity index is 315. The molecule has 3 aliphatic rings. The molecule has 3 rings (SSSR count). The molecule has 2 heterocycles. The normalized spacial score (nSPS) is 45.8. The number of carbonyl (C=O) groups excluding carboxylic acids is 1. The van der Waals surface area contributed by atoms with Gasteiger partial charge in [-0.3, -0.25) is 10.1 Å². The first-order chi connectivity index (χ1) is 7.59. The summed E-state index contributed by atoms with van der Waals surface area (Å²) < 4.78 is 0. The number of hydrogen-bond donors (Lipinski definition) is 3. The highest BCUT2D eigenvalue weighted by molar-refractivity contribution is 5.85. The van der Waals surface area contributed by atoms with Gasteiger partial charge >= 0.3 is 0 Å². The van der Waals surface area contributed by atoms with E-state index in [1.54, 1.807) is 0 Å². The Hall–Kier alpha value is -0.610. The zero-order chi connectivity index (χ0) is 11.3. The minimum absolute atomic E-state index is 0.127. The molecule has 0 aromatic rings. The van der Waals surface area contributed by atoms with Crippen molar-refractivity contribution >= 4 is 5.91 Å². The van der Waals surface area contributed by atoms with Gasteiger partial charge in [0.05, 0.1) is 17.6 Å². The average molecular weight is 223 g/mol. The minimum atomic E-state index is -0.292. The van der Waals surface area contributed by atoms with Crippen molar-refractivity contribution < 1.29 is 4.79 Å². The summed E-state index contributed by atoms with van der Waals surface area (Å²) in [4.78, 5) is 11.9. The van der Waals surface area contributed by atoms with Gasteiger partial charge in [0.1, 0.15) is 0 Å². The van der Waals surface area contributed by atoms with Crippen LogP contribution < -0.4 is 16.0 Å². The van der Waals surface area contributed by atoms with Crippen molar-refractivity contribution in [2.75, 3.05) is 0 Å². The molecule has 90 valence electrons. The van der Waals surface area contributed by atoms with Crippen molar-refractivity contribution in [3.63, 3.8) is 0 Å². The number of amides is 1. The van der Waals surface area contributed by atoms with E-state index >= 15 is 0 Å². The van der Waals surface area contributed by atoms with Crippen LogP contribution in [0.2, 0.25) is 0 Å². The van der Waals surface area contributed by atoms with E-state index in [9.17, 15) is 4.79 Å². The fourth-order valence-corrected chi connectivity index (χ4v) is 3.40. The molecule has 3 N–H and O–H groups in total. The lowest BCUT2D eigenvalue weighted by Gasteiger charge is -2.45. The highest BCUT2D eigenvalue weighted by Crippen LogP contribution is 2.34. The second-order valence-corrected chi connectivity index (χ2v) is 5.98. The average Bonchev–Trinajstić information content (AvgIpc) is 2.48. The maximum absolute atomic E-state index is 11.9. The summed E-state index contributed by atoms with van der Waals surface area (Å²) in [6.07, 6.45) is 5.23. The van der Waals surface area contributed by atoms with Crippen molar-refractivity contribution in [3.05, 3.63) is 0 Å². The quantitative estimate of drug-likeness (QED) is 0.555. The fraction of sp³-hybridized carbons (Fsp3) is 0.917. The number of fused-ring (bicyclic) bond motifs is 2. The molecule has 4 atom stereocenters.